The molecule has 0 aliphatic carbocycles. The summed E-state index contributed by atoms with van der Waals surface area (Å²) in [6, 6.07) is 20.4. The number of hydrogen-bond donors (Lipinski definition) is 1. The molecule has 0 aliphatic heterocycles. The van der Waals surface area contributed by atoms with Gasteiger partial charge in [0.1, 0.15) is 11.4 Å². The number of carbonyl (C=O) groups excluding carboxylic acids is 1. The number of carbonyl (C=O) groups is 1. The number of ether oxygens (including phenoxy) is 4. The Morgan fingerprint density at radius 2 is 1.56 bits per heavy atom. The molecule has 0 aliphatic rings. The SMILES string of the molecule is COc1ccc(-c2nn(-c3ccccc3)cc2/C=N/NC(=O)c2cc(OC)c(OC)c(OC)c2)cc1. The number of benzene rings is 3. The highest BCUT2D eigenvalue weighted by atomic mass is 16.5. The third-order valence-electron chi connectivity index (χ3n) is 5.42. The average Bonchev–Trinajstić information content (AvgIpc) is 3.36. The van der Waals surface area contributed by atoms with Crippen LogP contribution in [0.15, 0.2) is 78.0 Å². The van der Waals surface area contributed by atoms with Crippen molar-refractivity contribution in [3.63, 3.8) is 0 Å². The Balaban J connectivity index is 1.63. The molecular weight excluding hydrogens is 460 g/mol. The van der Waals surface area contributed by atoms with E-state index in [-0.39, 0.29) is 0 Å². The first-order valence-corrected chi connectivity index (χ1v) is 11.0. The van der Waals surface area contributed by atoms with Crippen molar-refractivity contribution in [3.05, 3.63) is 84.1 Å². The lowest BCUT2D eigenvalue weighted by Gasteiger charge is -2.13. The van der Waals surface area contributed by atoms with Crippen LogP contribution in [0.4, 0.5) is 0 Å². The fourth-order valence-electron chi connectivity index (χ4n) is 3.61. The number of rotatable bonds is 9. The number of nitrogens with zero attached hydrogens (tertiary/aromatic N) is 3. The first kappa shape index (κ1) is 24.3. The molecule has 1 amide bonds. The molecule has 3 aromatic carbocycles. The van der Waals surface area contributed by atoms with E-state index in [1.165, 1.54) is 21.3 Å². The van der Waals surface area contributed by atoms with Gasteiger partial charge in [0.2, 0.25) is 5.75 Å². The summed E-state index contributed by atoms with van der Waals surface area (Å²) in [5.41, 5.74) is 6.05. The number of para-hydroxylation sites is 1. The maximum absolute atomic E-state index is 12.8. The van der Waals surface area contributed by atoms with Crippen molar-refractivity contribution < 1.29 is 23.7 Å². The van der Waals surface area contributed by atoms with Gasteiger partial charge in [0.25, 0.3) is 5.91 Å². The van der Waals surface area contributed by atoms with E-state index in [9.17, 15) is 4.79 Å². The number of nitrogens with one attached hydrogen (secondary N) is 1. The molecule has 184 valence electrons. The predicted octanol–water partition coefficient (Wildman–Crippen LogP) is 4.34. The second-order valence-corrected chi connectivity index (χ2v) is 7.55. The summed E-state index contributed by atoms with van der Waals surface area (Å²) >= 11 is 0. The molecule has 0 unspecified atom stereocenters. The van der Waals surface area contributed by atoms with Crippen molar-refractivity contribution in [2.45, 2.75) is 0 Å². The zero-order valence-corrected chi connectivity index (χ0v) is 20.4. The molecule has 0 saturated carbocycles. The maximum Gasteiger partial charge on any atom is 0.271 e. The van der Waals surface area contributed by atoms with Crippen LogP contribution in [0.5, 0.6) is 23.0 Å². The number of aromatic nitrogens is 2. The maximum atomic E-state index is 12.8. The molecule has 9 heteroatoms. The molecular formula is C27H26N4O5. The van der Waals surface area contributed by atoms with Gasteiger partial charge >= 0.3 is 0 Å². The van der Waals surface area contributed by atoms with Gasteiger partial charge in [0.05, 0.1) is 40.3 Å². The molecule has 1 aromatic heterocycles. The quantitative estimate of drug-likeness (QED) is 0.279. The summed E-state index contributed by atoms with van der Waals surface area (Å²) in [6.07, 6.45) is 3.41. The van der Waals surface area contributed by atoms with Gasteiger partial charge in [-0.3, -0.25) is 4.79 Å². The van der Waals surface area contributed by atoms with Crippen LogP contribution in [0, 0.1) is 0 Å². The number of methoxy groups -OCH3 is 4. The molecule has 1 heterocycles. The van der Waals surface area contributed by atoms with E-state index < -0.39 is 5.91 Å². The standard InChI is InChI=1S/C27H26N4O5/c1-33-22-12-10-18(11-13-22)25-20(17-31(30-25)21-8-6-5-7-9-21)16-28-29-27(32)19-14-23(34-2)26(36-4)24(15-19)35-3/h5-17H,1-4H3,(H,29,32)/b28-16+. The highest BCUT2D eigenvalue weighted by Gasteiger charge is 2.17. The normalized spacial score (nSPS) is 10.8. The van der Waals surface area contributed by atoms with Crippen molar-refractivity contribution >= 4 is 12.1 Å². The highest BCUT2D eigenvalue weighted by molar-refractivity contribution is 5.97. The molecule has 4 rings (SSSR count). The van der Waals surface area contributed by atoms with Crippen LogP contribution in [0.25, 0.3) is 16.9 Å². The number of amides is 1. The van der Waals surface area contributed by atoms with E-state index in [0.717, 1.165) is 17.0 Å². The number of hydrazone groups is 1. The van der Waals surface area contributed by atoms with Crippen LogP contribution in [0.3, 0.4) is 0 Å². The first-order chi connectivity index (χ1) is 17.6. The van der Waals surface area contributed by atoms with E-state index in [1.807, 2.05) is 60.8 Å². The lowest BCUT2D eigenvalue weighted by atomic mass is 10.1. The summed E-state index contributed by atoms with van der Waals surface area (Å²) in [7, 11) is 6.10. The molecule has 0 atom stereocenters. The molecule has 0 spiro atoms. The van der Waals surface area contributed by atoms with E-state index >= 15 is 0 Å². The van der Waals surface area contributed by atoms with Gasteiger partial charge in [-0.1, -0.05) is 18.2 Å². The Kier molecular flexibility index (Phi) is 7.50. The lowest BCUT2D eigenvalue weighted by molar-refractivity contribution is 0.0954. The molecule has 0 saturated heterocycles. The molecule has 4 aromatic rings. The summed E-state index contributed by atoms with van der Waals surface area (Å²) in [6.45, 7) is 0. The van der Waals surface area contributed by atoms with Crippen molar-refractivity contribution in [2.24, 2.45) is 5.10 Å². The zero-order valence-electron chi connectivity index (χ0n) is 20.4. The van der Waals surface area contributed by atoms with Gasteiger partial charge in [-0.2, -0.15) is 10.2 Å². The molecule has 0 fully saturated rings. The highest BCUT2D eigenvalue weighted by Crippen LogP contribution is 2.38. The smallest absolute Gasteiger partial charge is 0.271 e. The van der Waals surface area contributed by atoms with Crippen LogP contribution in [0.1, 0.15) is 15.9 Å². The van der Waals surface area contributed by atoms with E-state index in [2.05, 4.69) is 10.5 Å². The van der Waals surface area contributed by atoms with Crippen molar-refractivity contribution in [1.29, 1.82) is 0 Å². The summed E-state index contributed by atoms with van der Waals surface area (Å²) in [5, 5.41) is 8.93. The van der Waals surface area contributed by atoms with Gasteiger partial charge in [0.15, 0.2) is 11.5 Å². The van der Waals surface area contributed by atoms with Gasteiger partial charge in [0, 0.05) is 22.9 Å². The molecule has 0 bridgehead atoms. The second-order valence-electron chi connectivity index (χ2n) is 7.55. The first-order valence-electron chi connectivity index (χ1n) is 11.0. The van der Waals surface area contributed by atoms with Crippen LogP contribution < -0.4 is 24.4 Å². The van der Waals surface area contributed by atoms with Crippen molar-refractivity contribution in [3.8, 4) is 39.9 Å². The van der Waals surface area contributed by atoms with Crippen molar-refractivity contribution in [1.82, 2.24) is 15.2 Å². The van der Waals surface area contributed by atoms with Crippen LogP contribution in [-0.2, 0) is 0 Å². The predicted molar refractivity (Wildman–Crippen MR) is 137 cm³/mol. The van der Waals surface area contributed by atoms with E-state index in [0.29, 0.717) is 34.1 Å². The van der Waals surface area contributed by atoms with Gasteiger partial charge in [-0.25, -0.2) is 10.1 Å². The Morgan fingerprint density at radius 3 is 2.14 bits per heavy atom. The largest absolute Gasteiger partial charge is 0.497 e. The summed E-state index contributed by atoms with van der Waals surface area (Å²) in [5.74, 6) is 1.45. The van der Waals surface area contributed by atoms with E-state index in [4.69, 9.17) is 24.0 Å². The van der Waals surface area contributed by atoms with Gasteiger partial charge < -0.3 is 18.9 Å². The third-order valence-corrected chi connectivity index (χ3v) is 5.42. The minimum atomic E-state index is -0.438. The fourth-order valence-corrected chi connectivity index (χ4v) is 3.61. The minimum Gasteiger partial charge on any atom is -0.497 e. The molecule has 0 radical (unpaired) electrons. The van der Waals surface area contributed by atoms with Gasteiger partial charge in [-0.15, -0.1) is 0 Å². The van der Waals surface area contributed by atoms with Gasteiger partial charge in [-0.05, 0) is 48.5 Å². The van der Waals surface area contributed by atoms with Crippen LogP contribution in [0.2, 0.25) is 0 Å². The average molecular weight is 487 g/mol. The Hall–Kier alpha value is -4.79. The minimum absolute atomic E-state index is 0.303. The fraction of sp³-hybridized carbons (Fsp3) is 0.148. The monoisotopic (exact) mass is 486 g/mol. The molecule has 1 N–H and O–H groups in total. The number of hydrogen-bond acceptors (Lipinski definition) is 7. The topological polar surface area (TPSA) is 96.2 Å². The lowest BCUT2D eigenvalue weighted by Crippen LogP contribution is -2.18. The Bertz CT molecular complexity index is 1340. The Labute approximate surface area is 208 Å². The second kappa shape index (κ2) is 11.1. The zero-order chi connectivity index (χ0) is 25.5. The van der Waals surface area contributed by atoms with E-state index in [1.54, 1.807) is 30.1 Å². The molecule has 9 nitrogen and oxygen atoms in total. The Morgan fingerprint density at radius 1 is 0.889 bits per heavy atom. The van der Waals surface area contributed by atoms with Crippen LogP contribution >= 0.6 is 0 Å². The summed E-state index contributed by atoms with van der Waals surface area (Å²) in [4.78, 5) is 12.8. The van der Waals surface area contributed by atoms with Crippen molar-refractivity contribution in [2.75, 3.05) is 28.4 Å². The van der Waals surface area contributed by atoms with Crippen LogP contribution in [-0.4, -0.2) is 50.3 Å². The third kappa shape index (κ3) is 5.15. The molecule has 36 heavy (non-hydrogen) atoms. The summed E-state index contributed by atoms with van der Waals surface area (Å²) < 4.78 is 23.0.